The lowest BCUT2D eigenvalue weighted by Gasteiger charge is -2.12. The van der Waals surface area contributed by atoms with Crippen LogP contribution in [0.25, 0.3) is 22.6 Å². The molecule has 0 unspecified atom stereocenters. The lowest BCUT2D eigenvalue weighted by molar-refractivity contribution is -0.123. The number of hydrogen-bond donors (Lipinski definition) is 2. The molecule has 1 heterocycles. The van der Waals surface area contributed by atoms with Gasteiger partial charge in [-0.1, -0.05) is 48.0 Å². The number of imide groups is 1. The first kappa shape index (κ1) is 21.2. The van der Waals surface area contributed by atoms with Crippen molar-refractivity contribution in [3.05, 3.63) is 76.5 Å². The van der Waals surface area contributed by atoms with Gasteiger partial charge in [0, 0.05) is 12.4 Å². The highest BCUT2D eigenvalue weighted by Gasteiger charge is 2.28. The first-order valence-electron chi connectivity index (χ1n) is 10.3. The number of fused-ring (bicyclic) bond motifs is 2. The van der Waals surface area contributed by atoms with E-state index in [1.165, 1.54) is 12.6 Å². The molecule has 0 aliphatic heterocycles. The molecule has 3 aromatic rings. The Bertz CT molecular complexity index is 1250. The van der Waals surface area contributed by atoms with E-state index in [1.807, 2.05) is 31.2 Å². The van der Waals surface area contributed by atoms with Crippen LogP contribution in [0.1, 0.15) is 39.2 Å². The zero-order chi connectivity index (χ0) is 22.7. The van der Waals surface area contributed by atoms with Crippen molar-refractivity contribution in [2.75, 3.05) is 13.7 Å². The fourth-order valence-corrected chi connectivity index (χ4v) is 3.80. The highest BCUT2D eigenvalue weighted by atomic mass is 16.5. The Morgan fingerprint density at radius 1 is 1.06 bits per heavy atom. The van der Waals surface area contributed by atoms with Gasteiger partial charge in [0.2, 0.25) is 0 Å². The van der Waals surface area contributed by atoms with Crippen LogP contribution < -0.4 is 10.6 Å². The maximum atomic E-state index is 13.0. The number of aryl methyl sites for hydroxylation is 1. The number of benzene rings is 2. The molecule has 2 N–H and O–H groups in total. The fraction of sp³-hybridized carbons (Fsp3) is 0.200. The average Bonchev–Trinajstić information content (AvgIpc) is 3.19. The number of aromatic nitrogens is 1. The number of urea groups is 1. The van der Waals surface area contributed by atoms with Crippen molar-refractivity contribution in [1.29, 1.82) is 0 Å². The molecule has 0 spiro atoms. The minimum absolute atomic E-state index is 0.422. The normalized spacial score (nSPS) is 13.6. The summed E-state index contributed by atoms with van der Waals surface area (Å²) >= 11 is 0. The summed E-state index contributed by atoms with van der Waals surface area (Å²) in [6, 6.07) is 15.0. The van der Waals surface area contributed by atoms with Crippen molar-refractivity contribution >= 4 is 40.5 Å². The summed E-state index contributed by atoms with van der Waals surface area (Å²) in [5.41, 5.74) is 6.03. The summed E-state index contributed by atoms with van der Waals surface area (Å²) in [4.78, 5) is 41.0. The number of esters is 1. The molecule has 0 atom stereocenters. The molecule has 0 saturated heterocycles. The summed E-state index contributed by atoms with van der Waals surface area (Å²) in [5.74, 6) is -1.31. The van der Waals surface area contributed by atoms with E-state index in [2.05, 4.69) is 41.0 Å². The molecular weight excluding hydrogens is 406 g/mol. The molecular formula is C25H23N3O4. The third-order valence-corrected chi connectivity index (χ3v) is 5.38. The van der Waals surface area contributed by atoms with Crippen molar-refractivity contribution < 1.29 is 19.1 Å². The molecule has 7 nitrogen and oxygen atoms in total. The smallest absolute Gasteiger partial charge is 0.339 e. The van der Waals surface area contributed by atoms with E-state index in [1.54, 1.807) is 0 Å². The first-order valence-corrected chi connectivity index (χ1v) is 10.3. The number of amides is 3. The monoisotopic (exact) mass is 429 g/mol. The van der Waals surface area contributed by atoms with Crippen LogP contribution in [0.2, 0.25) is 0 Å². The van der Waals surface area contributed by atoms with Crippen LogP contribution in [0.5, 0.6) is 0 Å². The molecule has 1 aliphatic rings. The van der Waals surface area contributed by atoms with Crippen molar-refractivity contribution in [1.82, 2.24) is 15.6 Å². The third kappa shape index (κ3) is 4.37. The number of para-hydroxylation sites is 1. The molecule has 4 rings (SSSR count). The van der Waals surface area contributed by atoms with E-state index in [0.29, 0.717) is 22.9 Å². The van der Waals surface area contributed by atoms with Gasteiger partial charge in [0.25, 0.3) is 5.91 Å². The predicted molar refractivity (Wildman–Crippen MR) is 122 cm³/mol. The summed E-state index contributed by atoms with van der Waals surface area (Å²) in [6.45, 7) is 1.49. The maximum Gasteiger partial charge on any atom is 0.339 e. The molecule has 0 fully saturated rings. The standard InChI is InChI=1S/C25H23N3O4/c1-15-7-9-16(10-8-15)13-17-11-12-19-22(18-5-3-4-6-20(18)27-23(17)19)24(30)32-14-21(29)28-25(31)26-2/h3-10,13H,11-12,14H2,1-2H3,(H2,26,28,29,31)/b17-13+. The van der Waals surface area contributed by atoms with Gasteiger partial charge in [-0.15, -0.1) is 0 Å². The van der Waals surface area contributed by atoms with Gasteiger partial charge in [-0.25, -0.2) is 14.6 Å². The van der Waals surface area contributed by atoms with Gasteiger partial charge in [0.05, 0.1) is 16.8 Å². The number of pyridine rings is 1. The van der Waals surface area contributed by atoms with Crippen LogP contribution in [0.4, 0.5) is 4.79 Å². The highest BCUT2D eigenvalue weighted by Crippen LogP contribution is 2.37. The second kappa shape index (κ2) is 9.01. The van der Waals surface area contributed by atoms with E-state index in [9.17, 15) is 14.4 Å². The van der Waals surface area contributed by atoms with Crippen molar-refractivity contribution in [2.24, 2.45) is 0 Å². The molecule has 0 radical (unpaired) electrons. The lowest BCUT2D eigenvalue weighted by Crippen LogP contribution is -2.39. The number of ether oxygens (including phenoxy) is 1. The molecule has 3 amide bonds. The summed E-state index contributed by atoms with van der Waals surface area (Å²) in [6.07, 6.45) is 3.50. The fourth-order valence-electron chi connectivity index (χ4n) is 3.80. The van der Waals surface area contributed by atoms with Crippen molar-refractivity contribution in [3.63, 3.8) is 0 Å². The van der Waals surface area contributed by atoms with Gasteiger partial charge < -0.3 is 10.1 Å². The Balaban J connectivity index is 1.69. The van der Waals surface area contributed by atoms with Crippen LogP contribution >= 0.6 is 0 Å². The number of hydrogen-bond acceptors (Lipinski definition) is 5. The second-order valence-electron chi connectivity index (χ2n) is 7.61. The quantitative estimate of drug-likeness (QED) is 0.617. The second-order valence-corrected chi connectivity index (χ2v) is 7.61. The molecule has 1 aliphatic carbocycles. The number of carbonyl (C=O) groups excluding carboxylic acids is 3. The number of nitrogens with zero attached hydrogens (tertiary/aromatic N) is 1. The Labute approximate surface area is 185 Å². The minimum Gasteiger partial charge on any atom is -0.452 e. The van der Waals surface area contributed by atoms with E-state index in [-0.39, 0.29) is 0 Å². The third-order valence-electron chi connectivity index (χ3n) is 5.38. The average molecular weight is 429 g/mol. The SMILES string of the molecule is CNC(=O)NC(=O)COC(=O)c1c2c(nc3ccccc13)/C(=C/c1ccc(C)cc1)CC2. The molecule has 7 heteroatoms. The topological polar surface area (TPSA) is 97.4 Å². The van der Waals surface area contributed by atoms with Crippen LogP contribution in [0.15, 0.2) is 48.5 Å². The maximum absolute atomic E-state index is 13.0. The highest BCUT2D eigenvalue weighted by molar-refractivity contribution is 6.08. The Hall–Kier alpha value is -4.00. The van der Waals surface area contributed by atoms with Crippen LogP contribution in [-0.2, 0) is 16.0 Å². The van der Waals surface area contributed by atoms with Gasteiger partial charge >= 0.3 is 12.0 Å². The van der Waals surface area contributed by atoms with Crippen LogP contribution in [-0.4, -0.2) is 36.5 Å². The van der Waals surface area contributed by atoms with Gasteiger partial charge in [-0.3, -0.25) is 10.1 Å². The van der Waals surface area contributed by atoms with Crippen LogP contribution in [0.3, 0.4) is 0 Å². The molecule has 2 aromatic carbocycles. The van der Waals surface area contributed by atoms with E-state index >= 15 is 0 Å². The Kier molecular flexibility index (Phi) is 5.98. The van der Waals surface area contributed by atoms with E-state index < -0.39 is 24.5 Å². The van der Waals surface area contributed by atoms with Gasteiger partial charge in [0.15, 0.2) is 6.61 Å². The first-order chi connectivity index (χ1) is 15.5. The zero-order valence-electron chi connectivity index (χ0n) is 17.9. The molecule has 162 valence electrons. The van der Waals surface area contributed by atoms with Crippen molar-refractivity contribution in [3.8, 4) is 0 Å². The molecule has 0 saturated carbocycles. The Morgan fingerprint density at radius 3 is 2.56 bits per heavy atom. The number of rotatable bonds is 4. The number of allylic oxidation sites excluding steroid dienone is 1. The number of nitrogens with one attached hydrogen (secondary N) is 2. The van der Waals surface area contributed by atoms with Crippen molar-refractivity contribution in [2.45, 2.75) is 19.8 Å². The summed E-state index contributed by atoms with van der Waals surface area (Å²) < 4.78 is 5.26. The lowest BCUT2D eigenvalue weighted by atomic mass is 10.0. The molecule has 1 aromatic heterocycles. The summed E-state index contributed by atoms with van der Waals surface area (Å²) in [7, 11) is 1.39. The molecule has 0 bridgehead atoms. The van der Waals surface area contributed by atoms with Gasteiger partial charge in [-0.05, 0) is 48.6 Å². The summed E-state index contributed by atoms with van der Waals surface area (Å²) in [5, 5.41) is 5.03. The van der Waals surface area contributed by atoms with Crippen LogP contribution in [0, 0.1) is 6.92 Å². The molecule has 32 heavy (non-hydrogen) atoms. The van der Waals surface area contributed by atoms with Gasteiger partial charge in [-0.2, -0.15) is 0 Å². The minimum atomic E-state index is -0.701. The predicted octanol–water partition coefficient (Wildman–Crippen LogP) is 3.64. The largest absolute Gasteiger partial charge is 0.452 e. The van der Waals surface area contributed by atoms with E-state index in [4.69, 9.17) is 9.72 Å². The van der Waals surface area contributed by atoms with E-state index in [0.717, 1.165) is 28.8 Å². The number of carbonyl (C=O) groups is 3. The Morgan fingerprint density at radius 2 is 1.81 bits per heavy atom. The van der Waals surface area contributed by atoms with Gasteiger partial charge in [0.1, 0.15) is 0 Å². The zero-order valence-corrected chi connectivity index (χ0v) is 17.9.